The average Bonchev–Trinajstić information content (AvgIpc) is 2.10. The maximum absolute atomic E-state index is 11.9. The van der Waals surface area contributed by atoms with Crippen molar-refractivity contribution in [2.24, 2.45) is 0 Å². The van der Waals surface area contributed by atoms with Gasteiger partial charge in [0.05, 0.1) is 6.04 Å². The molecule has 0 aromatic carbocycles. The van der Waals surface area contributed by atoms with E-state index in [2.05, 4.69) is 5.32 Å². The Hall–Kier alpha value is -0.670. The molecule has 1 aliphatic rings. The molecule has 4 heteroatoms. The first kappa shape index (κ1) is 6.45. The molecule has 1 aliphatic carbocycles. The molecule has 0 spiro atoms. The number of hydrogen-bond acceptors (Lipinski definition) is 1. The van der Waals surface area contributed by atoms with Gasteiger partial charge >= 0.3 is 0 Å². The molecule has 1 N–H and O–H groups in total. The summed E-state index contributed by atoms with van der Waals surface area (Å²) in [5.41, 5.74) is 0. The van der Waals surface area contributed by atoms with Crippen LogP contribution in [0.2, 0.25) is 0 Å². The number of carbonyl (C=O) groups is 1. The Morgan fingerprint density at radius 3 is 2.33 bits per heavy atom. The summed E-state index contributed by atoms with van der Waals surface area (Å²) < 4.78 is 23.9. The molecule has 0 heterocycles. The largest absolute Gasteiger partial charge is 0.347 e. The van der Waals surface area contributed by atoms with Crippen molar-refractivity contribution in [2.45, 2.75) is 25.3 Å². The van der Waals surface area contributed by atoms with E-state index < -0.39 is 17.9 Å². The van der Waals surface area contributed by atoms with Crippen molar-refractivity contribution in [1.82, 2.24) is 5.32 Å². The second kappa shape index (κ2) is 1.65. The predicted molar refractivity (Wildman–Crippen MR) is 27.2 cm³/mol. The zero-order chi connectivity index (χ0) is 7.07. The van der Waals surface area contributed by atoms with Gasteiger partial charge in [-0.05, 0) is 0 Å². The highest BCUT2D eigenvalue weighted by molar-refractivity contribution is 5.73. The fraction of sp³-hybridized carbons (Fsp3) is 0.800. The van der Waals surface area contributed by atoms with Crippen LogP contribution in [0.5, 0.6) is 0 Å². The van der Waals surface area contributed by atoms with Crippen molar-refractivity contribution in [3.05, 3.63) is 0 Å². The van der Waals surface area contributed by atoms with Gasteiger partial charge in [-0.1, -0.05) is 0 Å². The van der Waals surface area contributed by atoms with Gasteiger partial charge in [0.25, 0.3) is 5.92 Å². The Morgan fingerprint density at radius 1 is 1.78 bits per heavy atom. The van der Waals surface area contributed by atoms with Gasteiger partial charge in [0.15, 0.2) is 0 Å². The number of halogens is 2. The number of hydrogen-bond donors (Lipinski definition) is 1. The van der Waals surface area contributed by atoms with Crippen molar-refractivity contribution in [2.75, 3.05) is 0 Å². The number of amides is 1. The minimum Gasteiger partial charge on any atom is -0.347 e. The third-order valence-electron chi connectivity index (χ3n) is 1.20. The van der Waals surface area contributed by atoms with E-state index in [0.717, 1.165) is 0 Å². The molecule has 1 saturated carbocycles. The summed E-state index contributed by atoms with van der Waals surface area (Å²) in [5.74, 6) is -3.02. The van der Waals surface area contributed by atoms with Gasteiger partial charge < -0.3 is 5.32 Å². The fourth-order valence-electron chi connectivity index (χ4n) is 0.615. The normalized spacial score (nSPS) is 29.4. The maximum atomic E-state index is 11.9. The minimum absolute atomic E-state index is 0.202. The molecule has 0 bridgehead atoms. The van der Waals surface area contributed by atoms with Crippen LogP contribution in [0.1, 0.15) is 13.3 Å². The van der Waals surface area contributed by atoms with Gasteiger partial charge in [0.1, 0.15) is 0 Å². The zero-order valence-corrected chi connectivity index (χ0v) is 4.95. The molecule has 1 rings (SSSR count). The van der Waals surface area contributed by atoms with Gasteiger partial charge in [0.2, 0.25) is 5.91 Å². The molecule has 0 unspecified atom stereocenters. The fourth-order valence-corrected chi connectivity index (χ4v) is 0.615. The molecule has 52 valence electrons. The molecule has 0 saturated heterocycles. The summed E-state index contributed by atoms with van der Waals surface area (Å²) in [4.78, 5) is 10.1. The summed E-state index contributed by atoms with van der Waals surface area (Å²) in [5, 5.41) is 2.12. The third-order valence-corrected chi connectivity index (χ3v) is 1.20. The van der Waals surface area contributed by atoms with Crippen molar-refractivity contribution in [3.63, 3.8) is 0 Å². The first-order chi connectivity index (χ1) is 4.02. The molecule has 1 fully saturated rings. The Morgan fingerprint density at radius 2 is 2.22 bits per heavy atom. The van der Waals surface area contributed by atoms with Gasteiger partial charge in [-0.2, -0.15) is 0 Å². The minimum atomic E-state index is -2.63. The molecule has 2 nitrogen and oxygen atoms in total. The highest BCUT2D eigenvalue weighted by Gasteiger charge is 2.57. The third kappa shape index (κ3) is 1.37. The second-order valence-corrected chi connectivity index (χ2v) is 2.22. The SMILES string of the molecule is CC(=O)N[C@@H]1CC1(F)F. The van der Waals surface area contributed by atoms with E-state index in [1.807, 2.05) is 0 Å². The summed E-state index contributed by atoms with van der Waals surface area (Å²) in [6, 6.07) is -0.894. The van der Waals surface area contributed by atoms with Crippen LogP contribution < -0.4 is 5.32 Å². The summed E-state index contributed by atoms with van der Waals surface area (Å²) >= 11 is 0. The molecule has 1 amide bonds. The van der Waals surface area contributed by atoms with Gasteiger partial charge in [-0.15, -0.1) is 0 Å². The van der Waals surface area contributed by atoms with Crippen LogP contribution in [-0.4, -0.2) is 17.9 Å². The Balaban J connectivity index is 2.28. The smallest absolute Gasteiger partial charge is 0.270 e. The molecular weight excluding hydrogens is 128 g/mol. The van der Waals surface area contributed by atoms with E-state index in [0.29, 0.717) is 0 Å². The number of carbonyl (C=O) groups excluding carboxylic acids is 1. The van der Waals surface area contributed by atoms with Crippen molar-refractivity contribution < 1.29 is 13.6 Å². The monoisotopic (exact) mass is 135 g/mol. The van der Waals surface area contributed by atoms with Gasteiger partial charge in [0, 0.05) is 13.3 Å². The standard InChI is InChI=1S/C5H7F2NO/c1-3(9)8-4-2-5(4,6)7/h4H,2H2,1H3,(H,8,9)/t4-/m1/s1. The van der Waals surface area contributed by atoms with Crippen LogP contribution in [-0.2, 0) is 4.79 Å². The molecular formula is C5H7F2NO. The number of alkyl halides is 2. The molecule has 0 aliphatic heterocycles. The van der Waals surface area contributed by atoms with E-state index >= 15 is 0 Å². The molecule has 1 atom stereocenters. The lowest BCUT2D eigenvalue weighted by atomic mass is 10.6. The van der Waals surface area contributed by atoms with Gasteiger partial charge in [-0.3, -0.25) is 4.79 Å². The zero-order valence-electron chi connectivity index (χ0n) is 4.95. The van der Waals surface area contributed by atoms with E-state index in [1.54, 1.807) is 0 Å². The van der Waals surface area contributed by atoms with Crippen LogP contribution in [0, 0.1) is 0 Å². The molecule has 9 heavy (non-hydrogen) atoms. The summed E-state index contributed by atoms with van der Waals surface area (Å²) in [6.07, 6.45) is -0.202. The summed E-state index contributed by atoms with van der Waals surface area (Å²) in [6.45, 7) is 1.23. The average molecular weight is 135 g/mol. The Bertz CT molecular complexity index is 146. The van der Waals surface area contributed by atoms with Crippen LogP contribution in [0.3, 0.4) is 0 Å². The predicted octanol–water partition coefficient (Wildman–Crippen LogP) is 0.530. The first-order valence-electron chi connectivity index (χ1n) is 2.67. The van der Waals surface area contributed by atoms with E-state index in [9.17, 15) is 13.6 Å². The van der Waals surface area contributed by atoms with E-state index in [4.69, 9.17) is 0 Å². The van der Waals surface area contributed by atoms with Gasteiger partial charge in [-0.25, -0.2) is 8.78 Å². The molecule has 0 radical (unpaired) electrons. The number of rotatable bonds is 1. The maximum Gasteiger partial charge on any atom is 0.270 e. The highest BCUT2D eigenvalue weighted by Crippen LogP contribution is 2.41. The van der Waals surface area contributed by atoms with Crippen molar-refractivity contribution in [3.8, 4) is 0 Å². The summed E-state index contributed by atoms with van der Waals surface area (Å²) in [7, 11) is 0. The van der Waals surface area contributed by atoms with Crippen LogP contribution in [0.15, 0.2) is 0 Å². The lowest BCUT2D eigenvalue weighted by Crippen LogP contribution is -2.26. The second-order valence-electron chi connectivity index (χ2n) is 2.22. The van der Waals surface area contributed by atoms with Crippen LogP contribution >= 0.6 is 0 Å². The van der Waals surface area contributed by atoms with E-state index in [-0.39, 0.29) is 6.42 Å². The molecule has 0 aromatic heterocycles. The quantitative estimate of drug-likeness (QED) is 0.558. The number of nitrogens with one attached hydrogen (secondary N) is 1. The first-order valence-corrected chi connectivity index (χ1v) is 2.67. The lowest BCUT2D eigenvalue weighted by Gasteiger charge is -1.96. The Kier molecular flexibility index (Phi) is 1.18. The van der Waals surface area contributed by atoms with Crippen molar-refractivity contribution in [1.29, 1.82) is 0 Å². The highest BCUT2D eigenvalue weighted by atomic mass is 19.3. The van der Waals surface area contributed by atoms with E-state index in [1.165, 1.54) is 6.92 Å². The van der Waals surface area contributed by atoms with Crippen molar-refractivity contribution >= 4 is 5.91 Å². The molecule has 0 aromatic rings. The van der Waals surface area contributed by atoms with Crippen LogP contribution in [0.25, 0.3) is 0 Å². The lowest BCUT2D eigenvalue weighted by molar-refractivity contribution is -0.119. The van der Waals surface area contributed by atoms with Crippen LogP contribution in [0.4, 0.5) is 8.78 Å². The Labute approximate surface area is 51.2 Å². The topological polar surface area (TPSA) is 29.1 Å².